The Morgan fingerprint density at radius 3 is 2.17 bits per heavy atom. The minimum absolute atomic E-state index is 0.0289. The topological polar surface area (TPSA) is 99.7 Å². The van der Waals surface area contributed by atoms with Crippen LogP contribution in [0.5, 0.6) is 5.75 Å². The van der Waals surface area contributed by atoms with E-state index in [2.05, 4.69) is 10.6 Å². The van der Waals surface area contributed by atoms with Crippen LogP contribution in [-0.4, -0.2) is 12.3 Å². The molecule has 4 aromatic rings. The van der Waals surface area contributed by atoms with Crippen LogP contribution in [0.1, 0.15) is 35.7 Å². The summed E-state index contributed by atoms with van der Waals surface area (Å²) in [5.74, 6) is -1.16. The first-order valence-corrected chi connectivity index (χ1v) is 10.8. The summed E-state index contributed by atoms with van der Waals surface area (Å²) in [6, 6.07) is 17.6. The number of benzene rings is 3. The van der Waals surface area contributed by atoms with E-state index in [0.717, 1.165) is 23.3 Å². The van der Waals surface area contributed by atoms with Gasteiger partial charge in [0.1, 0.15) is 17.1 Å². The molecule has 0 bridgehead atoms. The number of anilines is 3. The van der Waals surface area contributed by atoms with E-state index in [4.69, 9.17) is 9.94 Å². The highest BCUT2D eigenvalue weighted by Gasteiger charge is 2.22. The number of rotatable bonds is 9. The Kier molecular flexibility index (Phi) is 6.90. The van der Waals surface area contributed by atoms with E-state index < -0.39 is 22.5 Å². The van der Waals surface area contributed by atoms with Crippen molar-refractivity contribution in [2.24, 2.45) is 0 Å². The van der Waals surface area contributed by atoms with Crippen molar-refractivity contribution >= 4 is 17.1 Å². The zero-order valence-corrected chi connectivity index (χ0v) is 18.9. The van der Waals surface area contributed by atoms with Gasteiger partial charge in [0.2, 0.25) is 0 Å². The van der Waals surface area contributed by atoms with Crippen molar-refractivity contribution in [3.63, 3.8) is 0 Å². The van der Waals surface area contributed by atoms with E-state index in [0.29, 0.717) is 17.0 Å². The molecule has 0 aliphatic carbocycles. The Labute approximate surface area is 199 Å². The first kappa shape index (κ1) is 24.1. The molecule has 35 heavy (non-hydrogen) atoms. The SMILES string of the molecule is COc1ccc(C(N[C@@H](C)c2ccc(F)c(F)c2)c2cccc(Nc3c(NO)c(=O)c3=O)c2)cc1. The van der Waals surface area contributed by atoms with Gasteiger partial charge in [0.25, 0.3) is 10.9 Å². The molecule has 4 N–H and O–H groups in total. The molecule has 0 fully saturated rings. The van der Waals surface area contributed by atoms with Crippen molar-refractivity contribution in [2.45, 2.75) is 19.0 Å². The van der Waals surface area contributed by atoms with Gasteiger partial charge in [0.05, 0.1) is 13.2 Å². The summed E-state index contributed by atoms with van der Waals surface area (Å²) >= 11 is 0. The third-order valence-corrected chi connectivity index (χ3v) is 5.82. The number of halogens is 2. The lowest BCUT2D eigenvalue weighted by Gasteiger charge is -2.25. The van der Waals surface area contributed by atoms with Crippen molar-refractivity contribution in [3.05, 3.63) is 116 Å². The van der Waals surface area contributed by atoms with Crippen molar-refractivity contribution in [2.75, 3.05) is 17.9 Å². The molecule has 1 unspecified atom stereocenters. The van der Waals surface area contributed by atoms with E-state index in [9.17, 15) is 18.4 Å². The van der Waals surface area contributed by atoms with Gasteiger partial charge in [0, 0.05) is 11.7 Å². The predicted molar refractivity (Wildman–Crippen MR) is 129 cm³/mol. The van der Waals surface area contributed by atoms with Gasteiger partial charge in [-0.2, -0.15) is 0 Å². The van der Waals surface area contributed by atoms with E-state index in [1.54, 1.807) is 30.8 Å². The summed E-state index contributed by atoms with van der Waals surface area (Å²) in [7, 11) is 1.57. The maximum atomic E-state index is 13.8. The monoisotopic (exact) mass is 479 g/mol. The highest BCUT2D eigenvalue weighted by atomic mass is 19.2. The van der Waals surface area contributed by atoms with E-state index >= 15 is 0 Å². The molecule has 2 atom stereocenters. The Hall–Kier alpha value is -4.08. The number of hydrogen-bond donors (Lipinski definition) is 4. The lowest BCUT2D eigenvalue weighted by Crippen LogP contribution is -2.36. The number of ether oxygens (including phenoxy) is 1. The number of methoxy groups -OCH3 is 1. The second-order valence-corrected chi connectivity index (χ2v) is 8.04. The fourth-order valence-electron chi connectivity index (χ4n) is 3.87. The van der Waals surface area contributed by atoms with Gasteiger partial charge < -0.3 is 10.1 Å². The molecule has 0 radical (unpaired) electrons. The molecule has 0 amide bonds. The van der Waals surface area contributed by atoms with Gasteiger partial charge in [-0.3, -0.25) is 25.6 Å². The second-order valence-electron chi connectivity index (χ2n) is 8.04. The van der Waals surface area contributed by atoms with Gasteiger partial charge >= 0.3 is 0 Å². The second kappa shape index (κ2) is 10.0. The fourth-order valence-corrected chi connectivity index (χ4v) is 3.87. The van der Waals surface area contributed by atoms with Crippen molar-refractivity contribution < 1.29 is 18.7 Å². The standard InChI is InChI=1S/C26H23F2N3O4/c1-14(16-8-11-20(27)21(28)13-16)29-22(15-6-9-19(35-2)10-7-15)17-4-3-5-18(12-17)30-23-24(31-34)26(33)25(23)32/h3-14,22,29-31,34H,1-2H3/t14-,22?/m0/s1. The molecule has 180 valence electrons. The Balaban J connectivity index is 1.68. The lowest BCUT2D eigenvalue weighted by molar-refractivity contribution is 0.388. The molecule has 0 spiro atoms. The minimum Gasteiger partial charge on any atom is -0.497 e. The van der Waals surface area contributed by atoms with Gasteiger partial charge in [-0.05, 0) is 60.0 Å². The van der Waals surface area contributed by atoms with Gasteiger partial charge in [0.15, 0.2) is 11.6 Å². The van der Waals surface area contributed by atoms with Crippen LogP contribution in [0.2, 0.25) is 0 Å². The zero-order valence-electron chi connectivity index (χ0n) is 18.9. The highest BCUT2D eigenvalue weighted by Crippen LogP contribution is 2.30. The fraction of sp³-hybridized carbons (Fsp3) is 0.154. The molecule has 0 saturated heterocycles. The van der Waals surface area contributed by atoms with Crippen LogP contribution in [0, 0.1) is 11.6 Å². The van der Waals surface area contributed by atoms with Gasteiger partial charge in [-0.25, -0.2) is 8.78 Å². The average Bonchev–Trinajstić information content (AvgIpc) is 2.88. The van der Waals surface area contributed by atoms with Gasteiger partial charge in [-0.1, -0.05) is 30.3 Å². The van der Waals surface area contributed by atoms with Crippen LogP contribution in [0.15, 0.2) is 76.3 Å². The molecule has 0 aromatic heterocycles. The quantitative estimate of drug-likeness (QED) is 0.206. The smallest absolute Gasteiger partial charge is 0.255 e. The van der Waals surface area contributed by atoms with Crippen LogP contribution in [0.3, 0.4) is 0 Å². The van der Waals surface area contributed by atoms with Gasteiger partial charge in [-0.15, -0.1) is 0 Å². The largest absolute Gasteiger partial charge is 0.497 e. The Morgan fingerprint density at radius 1 is 0.829 bits per heavy atom. The molecule has 4 aromatic carbocycles. The maximum absolute atomic E-state index is 13.8. The molecule has 9 heteroatoms. The van der Waals surface area contributed by atoms with E-state index in [1.165, 1.54) is 6.07 Å². The van der Waals surface area contributed by atoms with Crippen LogP contribution in [0.25, 0.3) is 0 Å². The lowest BCUT2D eigenvalue weighted by atomic mass is 9.96. The number of hydrogen-bond acceptors (Lipinski definition) is 7. The summed E-state index contributed by atoms with van der Waals surface area (Å²) in [5.41, 5.74) is 2.75. The van der Waals surface area contributed by atoms with Crippen LogP contribution < -0.4 is 31.7 Å². The van der Waals surface area contributed by atoms with Crippen LogP contribution in [0.4, 0.5) is 25.8 Å². The summed E-state index contributed by atoms with van der Waals surface area (Å²) in [6.07, 6.45) is 0. The zero-order chi connectivity index (χ0) is 25.1. The summed E-state index contributed by atoms with van der Waals surface area (Å²) in [4.78, 5) is 23.5. The first-order chi connectivity index (χ1) is 16.8. The molecule has 0 aliphatic rings. The summed E-state index contributed by atoms with van der Waals surface area (Å²) in [5, 5.41) is 15.4. The van der Waals surface area contributed by atoms with E-state index in [1.807, 2.05) is 37.3 Å². The Morgan fingerprint density at radius 2 is 1.51 bits per heavy atom. The molecule has 4 rings (SSSR count). The summed E-state index contributed by atoms with van der Waals surface area (Å²) in [6.45, 7) is 1.84. The molecule has 7 nitrogen and oxygen atoms in total. The van der Waals surface area contributed by atoms with Crippen molar-refractivity contribution in [3.8, 4) is 5.75 Å². The van der Waals surface area contributed by atoms with E-state index in [-0.39, 0.29) is 23.5 Å². The third kappa shape index (κ3) is 4.91. The molecular weight excluding hydrogens is 456 g/mol. The third-order valence-electron chi connectivity index (χ3n) is 5.82. The predicted octanol–water partition coefficient (Wildman–Crippen LogP) is 4.55. The summed E-state index contributed by atoms with van der Waals surface area (Å²) < 4.78 is 32.5. The van der Waals surface area contributed by atoms with Crippen molar-refractivity contribution in [1.29, 1.82) is 0 Å². The minimum atomic E-state index is -0.926. The molecule has 0 aliphatic heterocycles. The molecule has 0 heterocycles. The maximum Gasteiger partial charge on any atom is 0.255 e. The molecule has 0 saturated carbocycles. The number of nitrogens with one attached hydrogen (secondary N) is 3. The average molecular weight is 479 g/mol. The Bertz CT molecular complexity index is 1420. The van der Waals surface area contributed by atoms with Crippen molar-refractivity contribution in [1.82, 2.24) is 5.32 Å². The first-order valence-electron chi connectivity index (χ1n) is 10.8. The van der Waals surface area contributed by atoms with Crippen LogP contribution >= 0.6 is 0 Å². The highest BCUT2D eigenvalue weighted by molar-refractivity contribution is 5.78. The molecular formula is C26H23F2N3O4. The van der Waals surface area contributed by atoms with Crippen LogP contribution in [-0.2, 0) is 0 Å². The normalized spacial score (nSPS) is 12.8.